The average Bonchev–Trinajstić information content (AvgIpc) is 3.51. The number of carbonyl (C=O) groups excluding carboxylic acids is 3. The molecule has 8 nitrogen and oxygen atoms in total. The minimum absolute atomic E-state index is 0.0809. The van der Waals surface area contributed by atoms with Crippen LogP contribution in [0.3, 0.4) is 0 Å². The molecule has 2 aromatic rings. The van der Waals surface area contributed by atoms with Crippen LogP contribution in [0, 0.1) is 23.7 Å². The molecule has 3 heterocycles. The molecule has 1 spiro atoms. The molecule has 3 saturated heterocycles. The Kier molecular flexibility index (Phi) is 8.31. The van der Waals surface area contributed by atoms with Crippen molar-refractivity contribution in [1.82, 2.24) is 9.80 Å². The van der Waals surface area contributed by atoms with E-state index in [1.54, 1.807) is 33.9 Å². The zero-order valence-corrected chi connectivity index (χ0v) is 26.0. The molecule has 3 fully saturated rings. The topological polar surface area (TPSA) is 90.4 Å². The maximum atomic E-state index is 15.0. The van der Waals surface area contributed by atoms with Crippen LogP contribution in [0.25, 0.3) is 10.8 Å². The van der Waals surface area contributed by atoms with Crippen molar-refractivity contribution >= 4 is 34.2 Å². The average molecular weight is 588 g/mol. The maximum Gasteiger partial charge on any atom is 0.253 e. The van der Waals surface area contributed by atoms with Crippen molar-refractivity contribution in [2.75, 3.05) is 31.6 Å². The fourth-order valence-corrected chi connectivity index (χ4v) is 7.97. The predicted molar refractivity (Wildman–Crippen MR) is 168 cm³/mol. The monoisotopic (exact) mass is 587 g/mol. The first-order valence-corrected chi connectivity index (χ1v) is 15.4. The van der Waals surface area contributed by atoms with Gasteiger partial charge in [-0.05, 0) is 48.1 Å². The summed E-state index contributed by atoms with van der Waals surface area (Å²) in [6, 6.07) is 12.2. The van der Waals surface area contributed by atoms with Gasteiger partial charge in [0, 0.05) is 25.8 Å². The zero-order valence-electron chi connectivity index (χ0n) is 26.0. The molecule has 3 amide bonds. The molecular weight excluding hydrogens is 542 g/mol. The van der Waals surface area contributed by atoms with Crippen molar-refractivity contribution in [3.8, 4) is 0 Å². The number of fused-ring (bicyclic) bond motifs is 2. The van der Waals surface area contributed by atoms with Gasteiger partial charge >= 0.3 is 0 Å². The van der Waals surface area contributed by atoms with Crippen molar-refractivity contribution in [3.05, 3.63) is 67.8 Å². The largest absolute Gasteiger partial charge is 0.394 e. The van der Waals surface area contributed by atoms with Crippen molar-refractivity contribution in [3.63, 3.8) is 0 Å². The number of carbonyl (C=O) groups is 3. The van der Waals surface area contributed by atoms with Crippen molar-refractivity contribution < 1.29 is 24.2 Å². The molecule has 8 heteroatoms. The number of hydrogen-bond acceptors (Lipinski definition) is 5. The van der Waals surface area contributed by atoms with E-state index in [1.165, 1.54) is 0 Å². The zero-order chi connectivity index (χ0) is 31.3. The second-order valence-corrected chi connectivity index (χ2v) is 12.9. The van der Waals surface area contributed by atoms with E-state index in [1.807, 2.05) is 70.2 Å². The van der Waals surface area contributed by atoms with Crippen LogP contribution in [-0.2, 0) is 19.1 Å². The summed E-state index contributed by atoms with van der Waals surface area (Å²) in [4.78, 5) is 48.6. The standard InChI is InChI=1S/C35H45N3O5/c1-8-17-36(7)31(40)28-29-32(41)38(27(21-39)22(4)10-3)30(35(29)20-23(5)34(28,6)43-35)33(42)37(18-9-2)26-16-15-24-13-11-12-14-25(24)19-26/h8-9,11-16,19,22-23,27-30,39H,1-2,10,17-18,20-21H2,3-7H3/t22-,23?,27-,28+,29-,30?,34-,35?/m0/s1. The van der Waals surface area contributed by atoms with Crippen LogP contribution in [0.15, 0.2) is 67.8 Å². The number of rotatable bonds is 11. The highest BCUT2D eigenvalue weighted by atomic mass is 16.5. The van der Waals surface area contributed by atoms with E-state index in [2.05, 4.69) is 13.2 Å². The molecule has 2 bridgehead atoms. The van der Waals surface area contributed by atoms with E-state index in [9.17, 15) is 14.7 Å². The highest BCUT2D eigenvalue weighted by Gasteiger charge is 2.80. The lowest BCUT2D eigenvalue weighted by Crippen LogP contribution is -2.60. The highest BCUT2D eigenvalue weighted by Crippen LogP contribution is 2.66. The minimum Gasteiger partial charge on any atom is -0.394 e. The molecule has 0 saturated carbocycles. The number of nitrogens with zero attached hydrogens (tertiary/aromatic N) is 3. The maximum absolute atomic E-state index is 15.0. The first-order chi connectivity index (χ1) is 20.5. The Hall–Kier alpha value is -3.49. The second kappa shape index (κ2) is 11.5. The molecule has 5 rings (SSSR count). The Balaban J connectivity index is 1.67. The van der Waals surface area contributed by atoms with Gasteiger partial charge in [0.05, 0.1) is 30.1 Å². The molecule has 3 aliphatic rings. The summed E-state index contributed by atoms with van der Waals surface area (Å²) in [5.74, 6) is -2.56. The summed E-state index contributed by atoms with van der Waals surface area (Å²) in [6.45, 7) is 15.9. The van der Waals surface area contributed by atoms with E-state index in [4.69, 9.17) is 4.74 Å². The number of amides is 3. The van der Waals surface area contributed by atoms with Gasteiger partial charge in [0.2, 0.25) is 11.8 Å². The number of likely N-dealkylation sites (N-methyl/N-ethyl adjacent to an activating group) is 1. The second-order valence-electron chi connectivity index (χ2n) is 12.9. The van der Waals surface area contributed by atoms with Crippen LogP contribution in [0.2, 0.25) is 0 Å². The number of benzene rings is 2. The van der Waals surface area contributed by atoms with E-state index in [-0.39, 0.29) is 42.7 Å². The molecule has 43 heavy (non-hydrogen) atoms. The third kappa shape index (κ3) is 4.61. The third-order valence-electron chi connectivity index (χ3n) is 10.5. The van der Waals surface area contributed by atoms with Gasteiger partial charge in [0.25, 0.3) is 5.91 Å². The van der Waals surface area contributed by atoms with Gasteiger partial charge in [-0.15, -0.1) is 13.2 Å². The molecule has 0 radical (unpaired) electrons. The third-order valence-corrected chi connectivity index (χ3v) is 10.5. The smallest absolute Gasteiger partial charge is 0.253 e. The first kappa shape index (κ1) is 31.0. The quantitative estimate of drug-likeness (QED) is 0.393. The lowest BCUT2D eigenvalue weighted by Gasteiger charge is -2.41. The lowest BCUT2D eigenvalue weighted by atomic mass is 9.62. The molecule has 3 unspecified atom stereocenters. The Morgan fingerprint density at radius 3 is 2.44 bits per heavy atom. The molecule has 8 atom stereocenters. The van der Waals surface area contributed by atoms with Crippen LogP contribution in [0.5, 0.6) is 0 Å². The van der Waals surface area contributed by atoms with Crippen molar-refractivity contribution in [2.24, 2.45) is 23.7 Å². The Labute approximate surface area is 255 Å². The molecule has 3 aliphatic heterocycles. The normalized spacial score (nSPS) is 30.7. The summed E-state index contributed by atoms with van der Waals surface area (Å²) in [5, 5.41) is 12.7. The first-order valence-electron chi connectivity index (χ1n) is 15.4. The van der Waals surface area contributed by atoms with E-state index < -0.39 is 35.1 Å². The van der Waals surface area contributed by atoms with Crippen LogP contribution in [-0.4, -0.2) is 82.7 Å². The van der Waals surface area contributed by atoms with Crippen LogP contribution in [0.4, 0.5) is 5.69 Å². The highest BCUT2D eigenvalue weighted by molar-refractivity contribution is 6.06. The van der Waals surface area contributed by atoms with Crippen molar-refractivity contribution in [2.45, 2.75) is 63.8 Å². The minimum atomic E-state index is -1.21. The number of hydrogen-bond donors (Lipinski definition) is 1. The number of aliphatic hydroxyl groups excluding tert-OH is 1. The van der Waals surface area contributed by atoms with Gasteiger partial charge in [-0.1, -0.05) is 69.7 Å². The summed E-state index contributed by atoms with van der Waals surface area (Å²) >= 11 is 0. The van der Waals surface area contributed by atoms with Crippen LogP contribution < -0.4 is 4.90 Å². The number of aliphatic hydroxyl groups is 1. The molecule has 0 aliphatic carbocycles. The SMILES string of the molecule is C=CCN(C)C(=O)[C@H]1[C@H]2C(=O)N([C@@H](CO)[C@@H](C)CC)C(C(=O)N(CC=C)c3ccc4ccccc4c3)C23CC(C)[C@]1(C)O3. The van der Waals surface area contributed by atoms with Gasteiger partial charge in [0.1, 0.15) is 11.6 Å². The Bertz CT molecular complexity index is 1440. The van der Waals surface area contributed by atoms with E-state index in [0.29, 0.717) is 25.1 Å². The summed E-state index contributed by atoms with van der Waals surface area (Å²) in [6.07, 6.45) is 4.49. The van der Waals surface area contributed by atoms with E-state index >= 15 is 4.79 Å². The molecule has 2 aromatic carbocycles. The fourth-order valence-electron chi connectivity index (χ4n) is 7.97. The number of likely N-dealkylation sites (tertiary alicyclic amines) is 1. The fraction of sp³-hybridized carbons (Fsp3) is 0.514. The van der Waals surface area contributed by atoms with Gasteiger partial charge in [-0.25, -0.2) is 0 Å². The number of ether oxygens (including phenoxy) is 1. The van der Waals surface area contributed by atoms with Crippen molar-refractivity contribution in [1.29, 1.82) is 0 Å². The Morgan fingerprint density at radius 1 is 1.14 bits per heavy atom. The number of anilines is 1. The summed E-state index contributed by atoms with van der Waals surface area (Å²) < 4.78 is 6.93. The predicted octanol–water partition coefficient (Wildman–Crippen LogP) is 4.42. The summed E-state index contributed by atoms with van der Waals surface area (Å²) in [5.41, 5.74) is -1.45. The Morgan fingerprint density at radius 2 is 1.81 bits per heavy atom. The van der Waals surface area contributed by atoms with Gasteiger partial charge in [0.15, 0.2) is 0 Å². The summed E-state index contributed by atoms with van der Waals surface area (Å²) in [7, 11) is 1.71. The van der Waals surface area contributed by atoms with Crippen LogP contribution in [0.1, 0.15) is 40.5 Å². The molecule has 0 aromatic heterocycles. The van der Waals surface area contributed by atoms with Gasteiger partial charge in [-0.3, -0.25) is 14.4 Å². The molecular formula is C35H45N3O5. The molecule has 1 N–H and O–H groups in total. The lowest BCUT2D eigenvalue weighted by molar-refractivity contribution is -0.154. The van der Waals surface area contributed by atoms with Crippen LogP contribution >= 0.6 is 0 Å². The van der Waals surface area contributed by atoms with E-state index in [0.717, 1.165) is 10.8 Å². The van der Waals surface area contributed by atoms with Gasteiger partial charge < -0.3 is 24.5 Å². The molecule has 230 valence electrons. The van der Waals surface area contributed by atoms with Gasteiger partial charge in [-0.2, -0.15) is 0 Å².